The van der Waals surface area contributed by atoms with E-state index in [1.54, 1.807) is 14.2 Å². The second-order valence-electron chi connectivity index (χ2n) is 5.76. The summed E-state index contributed by atoms with van der Waals surface area (Å²) < 4.78 is 10.7. The van der Waals surface area contributed by atoms with Crippen molar-refractivity contribution >= 4 is 29.3 Å². The molecule has 6 heteroatoms. The molecule has 2 aromatic rings. The minimum atomic E-state index is 0.116. The van der Waals surface area contributed by atoms with E-state index in [2.05, 4.69) is 0 Å². The van der Waals surface area contributed by atoms with E-state index in [1.807, 2.05) is 41.3 Å². The Labute approximate surface area is 157 Å². The summed E-state index contributed by atoms with van der Waals surface area (Å²) in [6, 6.07) is 11.6. The van der Waals surface area contributed by atoms with Crippen molar-refractivity contribution in [3.63, 3.8) is 0 Å². The van der Waals surface area contributed by atoms with Gasteiger partial charge in [0.2, 0.25) is 5.91 Å². The van der Waals surface area contributed by atoms with Gasteiger partial charge in [0, 0.05) is 18.0 Å². The molecule has 3 rings (SSSR count). The summed E-state index contributed by atoms with van der Waals surface area (Å²) in [7, 11) is 3.26. The van der Waals surface area contributed by atoms with Crippen LogP contribution >= 0.6 is 23.4 Å². The number of rotatable bonds is 5. The van der Waals surface area contributed by atoms with Crippen molar-refractivity contribution in [2.24, 2.45) is 0 Å². The van der Waals surface area contributed by atoms with Crippen molar-refractivity contribution in [3.05, 3.63) is 52.5 Å². The van der Waals surface area contributed by atoms with Gasteiger partial charge in [-0.25, -0.2) is 0 Å². The fourth-order valence-corrected chi connectivity index (χ4v) is 4.03. The first kappa shape index (κ1) is 18.0. The van der Waals surface area contributed by atoms with Crippen LogP contribution in [0.1, 0.15) is 11.1 Å². The van der Waals surface area contributed by atoms with Gasteiger partial charge in [0.05, 0.1) is 25.0 Å². The maximum absolute atomic E-state index is 12.6. The molecule has 4 nitrogen and oxygen atoms in total. The van der Waals surface area contributed by atoms with Gasteiger partial charge >= 0.3 is 0 Å². The SMILES string of the molecule is COc1cc2c(cc1OC)CN(C(=O)CSc1ccccc1Cl)CC2. The Morgan fingerprint density at radius 1 is 1.16 bits per heavy atom. The molecule has 0 N–H and O–H groups in total. The highest BCUT2D eigenvalue weighted by molar-refractivity contribution is 8.00. The number of fused-ring (bicyclic) bond motifs is 1. The highest BCUT2D eigenvalue weighted by atomic mass is 35.5. The summed E-state index contributed by atoms with van der Waals surface area (Å²) in [4.78, 5) is 15.4. The van der Waals surface area contributed by atoms with Gasteiger partial charge in [-0.15, -0.1) is 11.8 Å². The Balaban J connectivity index is 1.67. The van der Waals surface area contributed by atoms with Gasteiger partial charge in [-0.1, -0.05) is 23.7 Å². The van der Waals surface area contributed by atoms with Gasteiger partial charge in [-0.3, -0.25) is 4.79 Å². The number of thioether (sulfide) groups is 1. The van der Waals surface area contributed by atoms with E-state index in [0.29, 0.717) is 29.6 Å². The molecule has 0 radical (unpaired) electrons. The van der Waals surface area contributed by atoms with Crippen LogP contribution in [0.25, 0.3) is 0 Å². The van der Waals surface area contributed by atoms with Crippen LogP contribution < -0.4 is 9.47 Å². The van der Waals surface area contributed by atoms with Crippen LogP contribution in [-0.4, -0.2) is 37.3 Å². The highest BCUT2D eigenvalue weighted by Crippen LogP contribution is 2.33. The van der Waals surface area contributed by atoms with Gasteiger partial charge < -0.3 is 14.4 Å². The third-order valence-electron chi connectivity index (χ3n) is 4.26. The molecule has 0 aromatic heterocycles. The molecule has 1 aliphatic rings. The number of carbonyl (C=O) groups is 1. The lowest BCUT2D eigenvalue weighted by atomic mass is 9.99. The monoisotopic (exact) mass is 377 g/mol. The van der Waals surface area contributed by atoms with Gasteiger partial charge in [0.1, 0.15) is 0 Å². The van der Waals surface area contributed by atoms with Crippen molar-refractivity contribution in [2.75, 3.05) is 26.5 Å². The van der Waals surface area contributed by atoms with Gasteiger partial charge in [0.25, 0.3) is 0 Å². The Morgan fingerprint density at radius 2 is 1.84 bits per heavy atom. The predicted molar refractivity (Wildman–Crippen MR) is 101 cm³/mol. The van der Waals surface area contributed by atoms with Crippen LogP contribution in [-0.2, 0) is 17.8 Å². The third kappa shape index (κ3) is 4.05. The first-order valence-electron chi connectivity index (χ1n) is 8.01. The molecule has 25 heavy (non-hydrogen) atoms. The Morgan fingerprint density at radius 3 is 2.52 bits per heavy atom. The first-order valence-corrected chi connectivity index (χ1v) is 9.37. The molecule has 0 bridgehead atoms. The maximum Gasteiger partial charge on any atom is 0.233 e. The lowest BCUT2D eigenvalue weighted by Gasteiger charge is -2.29. The highest BCUT2D eigenvalue weighted by Gasteiger charge is 2.23. The standard InChI is InChI=1S/C19H20ClNO3S/c1-23-16-9-13-7-8-21(11-14(13)10-17(16)24-2)19(22)12-25-18-6-4-3-5-15(18)20/h3-6,9-10H,7-8,11-12H2,1-2H3. The molecule has 132 valence electrons. The maximum atomic E-state index is 12.6. The second kappa shape index (κ2) is 8.02. The molecule has 0 fully saturated rings. The van der Waals surface area contributed by atoms with E-state index >= 15 is 0 Å². The molecule has 0 saturated carbocycles. The smallest absolute Gasteiger partial charge is 0.233 e. The fraction of sp³-hybridized carbons (Fsp3) is 0.316. The molecule has 0 aliphatic carbocycles. The number of halogens is 1. The van der Waals surface area contributed by atoms with Gasteiger partial charge in [-0.2, -0.15) is 0 Å². The average Bonchev–Trinajstić information content (AvgIpc) is 2.65. The molecular weight excluding hydrogens is 358 g/mol. The minimum Gasteiger partial charge on any atom is -0.493 e. The summed E-state index contributed by atoms with van der Waals surface area (Å²) in [6.45, 7) is 1.31. The van der Waals surface area contributed by atoms with Gasteiger partial charge in [0.15, 0.2) is 11.5 Å². The molecular formula is C19H20ClNO3S. The quantitative estimate of drug-likeness (QED) is 0.737. The third-order valence-corrected chi connectivity index (χ3v) is 5.76. The molecule has 1 aliphatic heterocycles. The molecule has 0 saturated heterocycles. The largest absolute Gasteiger partial charge is 0.493 e. The Kier molecular flexibility index (Phi) is 5.76. The van der Waals surface area contributed by atoms with E-state index in [1.165, 1.54) is 17.3 Å². The molecule has 1 amide bonds. The zero-order chi connectivity index (χ0) is 17.8. The average molecular weight is 378 g/mol. The van der Waals surface area contributed by atoms with Gasteiger partial charge in [-0.05, 0) is 41.8 Å². The number of hydrogen-bond donors (Lipinski definition) is 0. The first-order chi connectivity index (χ1) is 12.1. The molecule has 0 atom stereocenters. The van der Waals surface area contributed by atoms with E-state index in [9.17, 15) is 4.79 Å². The van der Waals surface area contributed by atoms with E-state index in [-0.39, 0.29) is 5.91 Å². The van der Waals surface area contributed by atoms with Crippen molar-refractivity contribution in [2.45, 2.75) is 17.9 Å². The zero-order valence-electron chi connectivity index (χ0n) is 14.3. The lowest BCUT2D eigenvalue weighted by molar-refractivity contribution is -0.129. The summed E-state index contributed by atoms with van der Waals surface area (Å²) >= 11 is 7.63. The summed E-state index contributed by atoms with van der Waals surface area (Å²) in [5.41, 5.74) is 2.32. The van der Waals surface area contributed by atoms with Crippen LogP contribution in [0.5, 0.6) is 11.5 Å². The van der Waals surface area contributed by atoms with Crippen molar-refractivity contribution in [3.8, 4) is 11.5 Å². The minimum absolute atomic E-state index is 0.116. The normalized spacial score (nSPS) is 13.3. The van der Waals surface area contributed by atoms with Crippen LogP contribution in [0.2, 0.25) is 5.02 Å². The second-order valence-corrected chi connectivity index (χ2v) is 7.18. The lowest BCUT2D eigenvalue weighted by Crippen LogP contribution is -2.37. The van der Waals surface area contributed by atoms with Crippen LogP contribution in [0.15, 0.2) is 41.3 Å². The summed E-state index contributed by atoms with van der Waals surface area (Å²) in [6.07, 6.45) is 0.818. The molecule has 0 spiro atoms. The van der Waals surface area contributed by atoms with E-state index in [4.69, 9.17) is 21.1 Å². The number of carbonyl (C=O) groups excluding carboxylic acids is 1. The van der Waals surface area contributed by atoms with E-state index < -0.39 is 0 Å². The summed E-state index contributed by atoms with van der Waals surface area (Å²) in [5.74, 6) is 1.92. The number of hydrogen-bond acceptors (Lipinski definition) is 4. The zero-order valence-corrected chi connectivity index (χ0v) is 15.8. The summed E-state index contributed by atoms with van der Waals surface area (Å²) in [5, 5.41) is 0.682. The number of ether oxygens (including phenoxy) is 2. The van der Waals surface area contributed by atoms with Crippen LogP contribution in [0, 0.1) is 0 Å². The van der Waals surface area contributed by atoms with Crippen molar-refractivity contribution in [1.82, 2.24) is 4.90 Å². The number of methoxy groups -OCH3 is 2. The number of nitrogens with zero attached hydrogens (tertiary/aromatic N) is 1. The Bertz CT molecular complexity index is 781. The predicted octanol–water partition coefficient (Wildman–Crippen LogP) is 4.03. The molecule has 0 unspecified atom stereocenters. The topological polar surface area (TPSA) is 38.8 Å². The molecule has 2 aromatic carbocycles. The number of benzene rings is 2. The number of amides is 1. The van der Waals surface area contributed by atoms with Crippen molar-refractivity contribution < 1.29 is 14.3 Å². The van der Waals surface area contributed by atoms with Crippen LogP contribution in [0.3, 0.4) is 0 Å². The van der Waals surface area contributed by atoms with Crippen LogP contribution in [0.4, 0.5) is 0 Å². The molecule has 1 heterocycles. The van der Waals surface area contributed by atoms with E-state index in [0.717, 1.165) is 22.6 Å². The fourth-order valence-electron chi connectivity index (χ4n) is 2.89. The van der Waals surface area contributed by atoms with Crippen molar-refractivity contribution in [1.29, 1.82) is 0 Å². The Hall–Kier alpha value is -1.85.